The molecule has 0 spiro atoms. The first-order valence-electron chi connectivity index (χ1n) is 7.51. The van der Waals surface area contributed by atoms with Gasteiger partial charge in [0, 0.05) is 11.0 Å². The van der Waals surface area contributed by atoms with Crippen molar-refractivity contribution in [2.24, 2.45) is 0 Å². The summed E-state index contributed by atoms with van der Waals surface area (Å²) >= 11 is 3.30. The Bertz CT molecular complexity index is 776. The Morgan fingerprint density at radius 1 is 1.12 bits per heavy atom. The highest BCUT2D eigenvalue weighted by Gasteiger charge is 2.19. The van der Waals surface area contributed by atoms with Crippen LogP contribution in [0.15, 0.2) is 51.8 Å². The topological polar surface area (TPSA) is 64.6 Å². The zero-order valence-corrected chi connectivity index (χ0v) is 16.0. The van der Waals surface area contributed by atoms with Crippen LogP contribution in [0.4, 0.5) is 0 Å². The van der Waals surface area contributed by atoms with Crippen LogP contribution in [0.1, 0.15) is 12.5 Å². The lowest BCUT2D eigenvalue weighted by Crippen LogP contribution is -2.26. The molecule has 2 aromatic rings. The van der Waals surface area contributed by atoms with Gasteiger partial charge < -0.3 is 9.47 Å². The Labute approximate surface area is 151 Å². The first-order chi connectivity index (χ1) is 11.5. The zero-order chi connectivity index (χ0) is 17.6. The fourth-order valence-corrected chi connectivity index (χ4v) is 3.88. The van der Waals surface area contributed by atoms with E-state index in [1.807, 2.05) is 31.2 Å². The maximum Gasteiger partial charge on any atom is 0.244 e. The fourth-order valence-electron chi connectivity index (χ4n) is 2.17. The Hall–Kier alpha value is -1.57. The summed E-state index contributed by atoms with van der Waals surface area (Å²) < 4.78 is 38.9. The molecule has 0 amide bonds. The Morgan fingerprint density at radius 2 is 1.83 bits per heavy atom. The lowest BCUT2D eigenvalue weighted by atomic mass is 10.1. The van der Waals surface area contributed by atoms with Gasteiger partial charge >= 0.3 is 0 Å². The van der Waals surface area contributed by atoms with Gasteiger partial charge in [-0.3, -0.25) is 0 Å². The van der Waals surface area contributed by atoms with Gasteiger partial charge in [-0.2, -0.15) is 0 Å². The Balaban J connectivity index is 2.06. The molecule has 0 atom stereocenters. The van der Waals surface area contributed by atoms with Crippen LogP contribution in [0.3, 0.4) is 0 Å². The van der Waals surface area contributed by atoms with Crippen LogP contribution < -0.4 is 14.2 Å². The number of methoxy groups -OCH3 is 1. The van der Waals surface area contributed by atoms with Gasteiger partial charge in [0.1, 0.15) is 16.4 Å². The quantitative estimate of drug-likeness (QED) is 0.720. The van der Waals surface area contributed by atoms with E-state index in [4.69, 9.17) is 9.47 Å². The molecule has 2 aromatic carbocycles. The van der Waals surface area contributed by atoms with Gasteiger partial charge in [-0.1, -0.05) is 28.1 Å². The number of hydrogen-bond donors (Lipinski definition) is 1. The maximum atomic E-state index is 12.5. The highest BCUT2D eigenvalue weighted by Crippen LogP contribution is 2.27. The van der Waals surface area contributed by atoms with E-state index >= 15 is 0 Å². The smallest absolute Gasteiger partial charge is 0.244 e. The van der Waals surface area contributed by atoms with E-state index in [0.717, 1.165) is 11.3 Å². The molecule has 0 saturated heterocycles. The third-order valence-electron chi connectivity index (χ3n) is 3.36. The highest BCUT2D eigenvalue weighted by molar-refractivity contribution is 9.10. The van der Waals surface area contributed by atoms with Gasteiger partial charge in [-0.15, -0.1) is 0 Å². The van der Waals surface area contributed by atoms with Crippen molar-refractivity contribution in [3.63, 3.8) is 0 Å². The van der Waals surface area contributed by atoms with Crippen LogP contribution in [-0.4, -0.2) is 28.7 Å². The molecule has 0 unspecified atom stereocenters. The van der Waals surface area contributed by atoms with Crippen LogP contribution in [0.2, 0.25) is 0 Å². The van der Waals surface area contributed by atoms with Gasteiger partial charge in [0.25, 0.3) is 0 Å². The summed E-state index contributed by atoms with van der Waals surface area (Å²) in [6.45, 7) is 2.51. The molecule has 130 valence electrons. The summed E-state index contributed by atoms with van der Waals surface area (Å²) in [6, 6.07) is 12.5. The van der Waals surface area contributed by atoms with E-state index in [2.05, 4.69) is 20.7 Å². The molecular formula is C17H20BrNO4S. The van der Waals surface area contributed by atoms with E-state index in [0.29, 0.717) is 29.8 Å². The van der Waals surface area contributed by atoms with Crippen LogP contribution in [-0.2, 0) is 16.4 Å². The molecule has 2 rings (SSSR count). The second-order valence-electron chi connectivity index (χ2n) is 5.02. The Kier molecular flexibility index (Phi) is 6.65. The molecule has 0 aliphatic rings. The summed E-state index contributed by atoms with van der Waals surface area (Å²) in [6.07, 6.45) is 0.585. The largest absolute Gasteiger partial charge is 0.497 e. The number of benzene rings is 2. The van der Waals surface area contributed by atoms with Gasteiger partial charge in [-0.05, 0) is 49.2 Å². The molecule has 5 nitrogen and oxygen atoms in total. The molecule has 0 aliphatic heterocycles. The predicted molar refractivity (Wildman–Crippen MR) is 97.2 cm³/mol. The van der Waals surface area contributed by atoms with Crippen LogP contribution in [0, 0.1) is 0 Å². The van der Waals surface area contributed by atoms with Gasteiger partial charge in [0.05, 0.1) is 13.7 Å². The fraction of sp³-hybridized carbons (Fsp3) is 0.294. The number of halogens is 1. The molecule has 1 N–H and O–H groups in total. The van der Waals surface area contributed by atoms with Crippen molar-refractivity contribution in [1.82, 2.24) is 4.72 Å². The molecule has 0 bridgehead atoms. The van der Waals surface area contributed by atoms with Crippen LogP contribution >= 0.6 is 15.9 Å². The van der Waals surface area contributed by atoms with E-state index in [9.17, 15) is 8.42 Å². The lowest BCUT2D eigenvalue weighted by molar-refractivity contribution is 0.331. The van der Waals surface area contributed by atoms with Crippen LogP contribution in [0.25, 0.3) is 0 Å². The van der Waals surface area contributed by atoms with E-state index in [1.165, 1.54) is 0 Å². The molecule has 0 fully saturated rings. The minimum Gasteiger partial charge on any atom is -0.497 e. The molecule has 7 heteroatoms. The molecule has 24 heavy (non-hydrogen) atoms. The molecule has 0 aliphatic carbocycles. The van der Waals surface area contributed by atoms with Crippen molar-refractivity contribution in [2.45, 2.75) is 18.2 Å². The molecule has 0 aromatic heterocycles. The number of rotatable bonds is 8. The van der Waals surface area contributed by atoms with Crippen molar-refractivity contribution in [2.75, 3.05) is 20.3 Å². The van der Waals surface area contributed by atoms with Gasteiger partial charge in [-0.25, -0.2) is 13.1 Å². The second-order valence-corrected chi connectivity index (χ2v) is 7.67. The first kappa shape index (κ1) is 18.8. The predicted octanol–water partition coefficient (Wildman–Crippen LogP) is 3.38. The average Bonchev–Trinajstić information content (AvgIpc) is 2.57. The Morgan fingerprint density at radius 3 is 2.46 bits per heavy atom. The summed E-state index contributed by atoms with van der Waals surface area (Å²) in [5.41, 5.74) is 1.03. The van der Waals surface area contributed by atoms with E-state index in [-0.39, 0.29) is 4.90 Å². The SMILES string of the molecule is CCOc1ccc(Br)cc1S(=O)(=O)NCCc1ccc(OC)cc1. The highest BCUT2D eigenvalue weighted by atomic mass is 79.9. The summed E-state index contributed by atoms with van der Waals surface area (Å²) in [5, 5.41) is 0. The van der Waals surface area contributed by atoms with Crippen molar-refractivity contribution in [1.29, 1.82) is 0 Å². The minimum absolute atomic E-state index is 0.133. The molecular weight excluding hydrogens is 394 g/mol. The second kappa shape index (κ2) is 8.50. The maximum absolute atomic E-state index is 12.5. The number of ether oxygens (including phenoxy) is 2. The molecule has 0 radical (unpaired) electrons. The van der Waals surface area contributed by atoms with Crippen molar-refractivity contribution < 1.29 is 17.9 Å². The first-order valence-corrected chi connectivity index (χ1v) is 9.79. The van der Waals surface area contributed by atoms with E-state index in [1.54, 1.807) is 25.3 Å². The third kappa shape index (κ3) is 4.96. The summed E-state index contributed by atoms with van der Waals surface area (Å²) in [7, 11) is -2.04. The summed E-state index contributed by atoms with van der Waals surface area (Å²) in [4.78, 5) is 0.133. The normalized spacial score (nSPS) is 11.3. The minimum atomic E-state index is -3.65. The molecule has 0 saturated carbocycles. The van der Waals surface area contributed by atoms with Gasteiger partial charge in [0.15, 0.2) is 0 Å². The molecule has 0 heterocycles. The van der Waals surface area contributed by atoms with Crippen LogP contribution in [0.5, 0.6) is 11.5 Å². The van der Waals surface area contributed by atoms with Crippen molar-refractivity contribution in [3.05, 3.63) is 52.5 Å². The van der Waals surface area contributed by atoms with Crippen molar-refractivity contribution >= 4 is 26.0 Å². The standard InChI is InChI=1S/C17H20BrNO4S/c1-3-23-16-9-6-14(18)12-17(16)24(20,21)19-11-10-13-4-7-15(22-2)8-5-13/h4-9,12,19H,3,10-11H2,1-2H3. The van der Waals surface area contributed by atoms with Crippen molar-refractivity contribution in [3.8, 4) is 11.5 Å². The summed E-state index contributed by atoms with van der Waals surface area (Å²) in [5.74, 6) is 1.12. The number of nitrogens with one attached hydrogen (secondary N) is 1. The van der Waals surface area contributed by atoms with Gasteiger partial charge in [0.2, 0.25) is 10.0 Å². The third-order valence-corrected chi connectivity index (χ3v) is 5.34. The monoisotopic (exact) mass is 413 g/mol. The zero-order valence-electron chi connectivity index (χ0n) is 13.6. The number of sulfonamides is 1. The number of hydrogen-bond acceptors (Lipinski definition) is 4. The lowest BCUT2D eigenvalue weighted by Gasteiger charge is -2.12. The average molecular weight is 414 g/mol. The van der Waals surface area contributed by atoms with E-state index < -0.39 is 10.0 Å².